The molecule has 0 bridgehead atoms. The van der Waals surface area contributed by atoms with Crippen molar-refractivity contribution in [3.63, 3.8) is 0 Å². The van der Waals surface area contributed by atoms with Crippen LogP contribution in [-0.4, -0.2) is 55.4 Å². The van der Waals surface area contributed by atoms with Crippen molar-refractivity contribution in [2.24, 2.45) is 10.9 Å². The van der Waals surface area contributed by atoms with Crippen molar-refractivity contribution in [1.29, 1.82) is 0 Å². The number of ether oxygens (including phenoxy) is 2. The van der Waals surface area contributed by atoms with E-state index in [9.17, 15) is 9.59 Å². The van der Waals surface area contributed by atoms with Crippen molar-refractivity contribution in [3.8, 4) is 0 Å². The second kappa shape index (κ2) is 8.89. The molecule has 2 rings (SSSR count). The van der Waals surface area contributed by atoms with Gasteiger partial charge in [-0.1, -0.05) is 0 Å². The minimum absolute atomic E-state index is 0.158. The van der Waals surface area contributed by atoms with E-state index in [2.05, 4.69) is 15.0 Å². The summed E-state index contributed by atoms with van der Waals surface area (Å²) >= 11 is 0. The number of carbonyl (C=O) groups is 2. The number of anilines is 1. The highest BCUT2D eigenvalue weighted by atomic mass is 16.6. The van der Waals surface area contributed by atoms with E-state index in [0.717, 1.165) is 5.69 Å². The molecule has 138 valence electrons. The minimum Gasteiger partial charge on any atom is -0.465 e. The minimum atomic E-state index is -1.24. The molecule has 1 aromatic heterocycles. The lowest BCUT2D eigenvalue weighted by atomic mass is 10.1. The van der Waals surface area contributed by atoms with Gasteiger partial charge in [0, 0.05) is 31.4 Å². The zero-order valence-corrected chi connectivity index (χ0v) is 15.3. The number of aliphatic imine (C=N–C) groups is 1. The molecule has 0 aliphatic carbocycles. The molecule has 0 spiro atoms. The van der Waals surface area contributed by atoms with Gasteiger partial charge in [-0.15, -0.1) is 0 Å². The molecule has 2 aromatic rings. The van der Waals surface area contributed by atoms with E-state index in [1.54, 1.807) is 13.8 Å². The Kier molecular flexibility index (Phi) is 6.60. The topological polar surface area (TPSA) is 94.0 Å². The fraction of sp³-hybridized carbons (Fsp3) is 0.389. The van der Waals surface area contributed by atoms with Gasteiger partial charge in [-0.2, -0.15) is 0 Å². The fourth-order valence-corrected chi connectivity index (χ4v) is 2.24. The summed E-state index contributed by atoms with van der Waals surface area (Å²) in [4.78, 5) is 38.6. The van der Waals surface area contributed by atoms with Crippen LogP contribution in [0.3, 0.4) is 0 Å². The van der Waals surface area contributed by atoms with E-state index >= 15 is 0 Å². The van der Waals surface area contributed by atoms with Crippen LogP contribution >= 0.6 is 0 Å². The van der Waals surface area contributed by atoms with Gasteiger partial charge in [-0.05, 0) is 32.0 Å². The van der Waals surface area contributed by atoms with Crippen LogP contribution in [0.2, 0.25) is 0 Å². The number of aromatic nitrogens is 2. The lowest BCUT2D eigenvalue weighted by molar-refractivity contribution is -0.157. The maximum Gasteiger partial charge on any atom is 0.325 e. The lowest BCUT2D eigenvalue weighted by Gasteiger charge is -2.13. The smallest absolute Gasteiger partial charge is 0.325 e. The van der Waals surface area contributed by atoms with Crippen LogP contribution in [0.15, 0.2) is 29.5 Å². The quantitative estimate of drug-likeness (QED) is 0.425. The molecule has 0 aliphatic rings. The Bertz CT molecular complexity index is 802. The van der Waals surface area contributed by atoms with Crippen molar-refractivity contribution in [2.75, 3.05) is 32.2 Å². The van der Waals surface area contributed by atoms with Gasteiger partial charge >= 0.3 is 11.9 Å². The van der Waals surface area contributed by atoms with Gasteiger partial charge in [0.05, 0.1) is 18.7 Å². The number of carbonyl (C=O) groups excluding carboxylic acids is 2. The van der Waals surface area contributed by atoms with E-state index < -0.39 is 17.9 Å². The summed E-state index contributed by atoms with van der Waals surface area (Å²) in [5.74, 6) is -2.29. The van der Waals surface area contributed by atoms with Crippen molar-refractivity contribution in [1.82, 2.24) is 9.97 Å². The van der Waals surface area contributed by atoms with Gasteiger partial charge < -0.3 is 14.4 Å². The van der Waals surface area contributed by atoms with Crippen LogP contribution in [0.1, 0.15) is 13.8 Å². The Balaban J connectivity index is 2.41. The number of esters is 2. The van der Waals surface area contributed by atoms with Gasteiger partial charge in [-0.3, -0.25) is 9.59 Å². The normalized spacial score (nSPS) is 11.1. The van der Waals surface area contributed by atoms with Crippen LogP contribution in [0.25, 0.3) is 10.9 Å². The molecule has 1 heterocycles. The maximum atomic E-state index is 12.0. The Hall–Kier alpha value is -3.03. The molecule has 0 N–H and O–H groups in total. The molecule has 0 amide bonds. The van der Waals surface area contributed by atoms with Crippen molar-refractivity contribution in [2.45, 2.75) is 13.8 Å². The van der Waals surface area contributed by atoms with Crippen LogP contribution < -0.4 is 4.90 Å². The molecule has 8 heteroatoms. The highest BCUT2D eigenvalue weighted by Crippen LogP contribution is 2.26. The lowest BCUT2D eigenvalue weighted by Crippen LogP contribution is -2.29. The van der Waals surface area contributed by atoms with Crippen LogP contribution in [0, 0.1) is 5.92 Å². The Morgan fingerprint density at radius 2 is 1.81 bits per heavy atom. The van der Waals surface area contributed by atoms with Crippen molar-refractivity contribution in [3.05, 3.63) is 24.5 Å². The third kappa shape index (κ3) is 4.53. The highest BCUT2D eigenvalue weighted by molar-refractivity contribution is 6.09. The Morgan fingerprint density at radius 3 is 2.38 bits per heavy atom. The molecule has 1 aromatic carbocycles. The first-order valence-corrected chi connectivity index (χ1v) is 8.27. The average Bonchev–Trinajstić information content (AvgIpc) is 2.62. The van der Waals surface area contributed by atoms with Gasteiger partial charge in [0.15, 0.2) is 11.7 Å². The third-order valence-corrected chi connectivity index (χ3v) is 3.54. The summed E-state index contributed by atoms with van der Waals surface area (Å²) in [5, 5.41) is 0.710. The number of fused-ring (bicyclic) bond motifs is 1. The molecule has 8 nitrogen and oxygen atoms in total. The maximum absolute atomic E-state index is 12.0. The zero-order valence-electron chi connectivity index (χ0n) is 15.3. The summed E-state index contributed by atoms with van der Waals surface area (Å²) in [7, 11) is 3.84. The summed E-state index contributed by atoms with van der Waals surface area (Å²) in [5.41, 5.74) is 1.66. The standard InChI is InChI=1S/C18H22N4O4/c1-5-25-17(23)14(18(24)26-6-2)10-19-16-13-9-12(22(3)4)7-8-15(13)20-11-21-16/h7-11,14H,5-6H2,1-4H3. The zero-order chi connectivity index (χ0) is 19.1. The fourth-order valence-electron chi connectivity index (χ4n) is 2.24. The van der Waals surface area contributed by atoms with Crippen molar-refractivity contribution < 1.29 is 19.1 Å². The summed E-state index contributed by atoms with van der Waals surface area (Å²) in [6.45, 7) is 3.65. The molecule has 0 saturated heterocycles. The summed E-state index contributed by atoms with van der Waals surface area (Å²) in [6, 6.07) is 5.69. The molecule has 26 heavy (non-hydrogen) atoms. The number of benzene rings is 1. The van der Waals surface area contributed by atoms with E-state index in [4.69, 9.17) is 9.47 Å². The van der Waals surface area contributed by atoms with E-state index in [1.165, 1.54) is 12.5 Å². The van der Waals surface area contributed by atoms with Crippen LogP contribution in [0.5, 0.6) is 0 Å². The SMILES string of the molecule is CCOC(=O)C(C=Nc1ncnc2ccc(N(C)C)cc12)C(=O)OCC. The highest BCUT2D eigenvalue weighted by Gasteiger charge is 2.27. The molecular formula is C18H22N4O4. The second-order valence-corrected chi connectivity index (χ2v) is 5.55. The van der Waals surface area contributed by atoms with Gasteiger partial charge in [0.1, 0.15) is 6.33 Å². The number of nitrogens with zero attached hydrogens (tertiary/aromatic N) is 4. The molecular weight excluding hydrogens is 336 g/mol. The van der Waals surface area contributed by atoms with Crippen LogP contribution in [-0.2, 0) is 19.1 Å². The predicted molar refractivity (Wildman–Crippen MR) is 98.8 cm³/mol. The third-order valence-electron chi connectivity index (χ3n) is 3.54. The van der Waals surface area contributed by atoms with Crippen LogP contribution in [0.4, 0.5) is 11.5 Å². The van der Waals surface area contributed by atoms with E-state index in [-0.39, 0.29) is 13.2 Å². The van der Waals surface area contributed by atoms with Gasteiger partial charge in [0.25, 0.3) is 0 Å². The van der Waals surface area contributed by atoms with E-state index in [1.807, 2.05) is 37.2 Å². The first-order valence-electron chi connectivity index (χ1n) is 8.27. The van der Waals surface area contributed by atoms with Gasteiger partial charge in [0.2, 0.25) is 0 Å². The summed E-state index contributed by atoms with van der Waals surface area (Å²) < 4.78 is 9.86. The molecule has 0 saturated carbocycles. The monoisotopic (exact) mass is 358 g/mol. The molecule has 0 unspecified atom stereocenters. The molecule has 0 radical (unpaired) electrons. The first-order chi connectivity index (χ1) is 12.5. The van der Waals surface area contributed by atoms with Gasteiger partial charge in [-0.25, -0.2) is 15.0 Å². The molecule has 0 aliphatic heterocycles. The Morgan fingerprint density at radius 1 is 1.15 bits per heavy atom. The van der Waals surface area contributed by atoms with E-state index in [0.29, 0.717) is 16.7 Å². The number of rotatable bonds is 7. The first kappa shape index (κ1) is 19.3. The largest absolute Gasteiger partial charge is 0.465 e. The molecule has 0 atom stereocenters. The summed E-state index contributed by atoms with van der Waals surface area (Å²) in [6.07, 6.45) is 2.59. The predicted octanol–water partition coefficient (Wildman–Crippen LogP) is 2.14. The second-order valence-electron chi connectivity index (χ2n) is 5.55. The average molecular weight is 358 g/mol. The Labute approximate surface area is 151 Å². The molecule has 0 fully saturated rings. The number of hydrogen-bond acceptors (Lipinski definition) is 8. The number of hydrogen-bond donors (Lipinski definition) is 0. The van der Waals surface area contributed by atoms with Crippen molar-refractivity contribution >= 4 is 40.6 Å².